The quantitative estimate of drug-likeness (QED) is 0.457. The molecule has 0 amide bonds. The van der Waals surface area contributed by atoms with Crippen LogP contribution < -0.4 is 5.73 Å². The molecule has 0 fully saturated rings. The van der Waals surface area contributed by atoms with Gasteiger partial charge in [-0.1, -0.05) is 20.8 Å². The Hall–Kier alpha value is -0.610. The van der Waals surface area contributed by atoms with E-state index in [1.54, 1.807) is 0 Å². The number of nitrogens with zero attached hydrogens (tertiary/aromatic N) is 1. The molecular formula is C12H27N3O. The molecule has 16 heavy (non-hydrogen) atoms. The number of amidine groups is 1. The molecule has 0 aliphatic heterocycles. The Morgan fingerprint density at radius 1 is 1.31 bits per heavy atom. The van der Waals surface area contributed by atoms with Crippen molar-refractivity contribution in [1.29, 1.82) is 5.41 Å². The molecule has 4 nitrogen and oxygen atoms in total. The summed E-state index contributed by atoms with van der Waals surface area (Å²) in [4.78, 5) is 2.19. The van der Waals surface area contributed by atoms with Crippen LogP contribution in [0.25, 0.3) is 0 Å². The van der Waals surface area contributed by atoms with Crippen molar-refractivity contribution in [2.24, 2.45) is 11.1 Å². The zero-order valence-electron chi connectivity index (χ0n) is 11.3. The van der Waals surface area contributed by atoms with Crippen LogP contribution in [0.15, 0.2) is 0 Å². The second-order valence-electron chi connectivity index (χ2n) is 5.73. The van der Waals surface area contributed by atoms with Crippen LogP contribution in [-0.2, 0) is 0 Å². The van der Waals surface area contributed by atoms with E-state index in [0.29, 0.717) is 6.54 Å². The van der Waals surface area contributed by atoms with Gasteiger partial charge in [-0.2, -0.15) is 0 Å². The zero-order chi connectivity index (χ0) is 13.0. The molecule has 0 bridgehead atoms. The van der Waals surface area contributed by atoms with Crippen molar-refractivity contribution >= 4 is 5.84 Å². The predicted octanol–water partition coefficient (Wildman–Crippen LogP) is 1.43. The van der Waals surface area contributed by atoms with E-state index in [1.807, 2.05) is 27.7 Å². The molecule has 0 atom stereocenters. The molecule has 0 saturated carbocycles. The molecule has 0 aromatic carbocycles. The number of rotatable bonds is 7. The maximum Gasteiger partial charge on any atom is 0.0963 e. The fourth-order valence-corrected chi connectivity index (χ4v) is 1.47. The summed E-state index contributed by atoms with van der Waals surface area (Å²) in [5.74, 6) is 0.229. The third-order valence-corrected chi connectivity index (χ3v) is 2.84. The molecule has 4 heteroatoms. The van der Waals surface area contributed by atoms with Crippen molar-refractivity contribution in [1.82, 2.24) is 4.90 Å². The predicted molar refractivity (Wildman–Crippen MR) is 68.7 cm³/mol. The van der Waals surface area contributed by atoms with Gasteiger partial charge in [0.2, 0.25) is 0 Å². The first-order valence-electron chi connectivity index (χ1n) is 5.88. The first-order valence-corrected chi connectivity index (χ1v) is 5.88. The van der Waals surface area contributed by atoms with Crippen molar-refractivity contribution < 1.29 is 5.11 Å². The molecule has 4 N–H and O–H groups in total. The van der Waals surface area contributed by atoms with Crippen LogP contribution in [0.2, 0.25) is 0 Å². The minimum atomic E-state index is -0.670. The summed E-state index contributed by atoms with van der Waals surface area (Å²) in [5, 5.41) is 17.2. The normalized spacial score (nSPS) is 13.2. The molecule has 0 rings (SSSR count). The van der Waals surface area contributed by atoms with E-state index in [2.05, 4.69) is 11.8 Å². The maximum atomic E-state index is 9.75. The van der Waals surface area contributed by atoms with E-state index < -0.39 is 5.60 Å². The van der Waals surface area contributed by atoms with Gasteiger partial charge in [0.25, 0.3) is 0 Å². The molecule has 0 unspecified atom stereocenters. The number of nitrogens with one attached hydrogen (secondary N) is 1. The van der Waals surface area contributed by atoms with E-state index in [1.165, 1.54) is 0 Å². The van der Waals surface area contributed by atoms with E-state index in [9.17, 15) is 5.11 Å². The lowest BCUT2D eigenvalue weighted by atomic mass is 9.88. The zero-order valence-corrected chi connectivity index (χ0v) is 11.3. The first kappa shape index (κ1) is 15.4. The van der Waals surface area contributed by atoms with Gasteiger partial charge < -0.3 is 15.7 Å². The van der Waals surface area contributed by atoms with Crippen LogP contribution in [0.3, 0.4) is 0 Å². The molecule has 96 valence electrons. The summed E-state index contributed by atoms with van der Waals surface area (Å²) in [6, 6.07) is 0. The van der Waals surface area contributed by atoms with E-state index in [0.717, 1.165) is 19.5 Å². The van der Waals surface area contributed by atoms with E-state index in [4.69, 9.17) is 11.1 Å². The van der Waals surface area contributed by atoms with Crippen molar-refractivity contribution in [3.05, 3.63) is 0 Å². The summed E-state index contributed by atoms with van der Waals surface area (Å²) in [5.41, 5.74) is 4.61. The monoisotopic (exact) mass is 229 g/mol. The Labute approximate surface area is 99.3 Å². The second-order valence-corrected chi connectivity index (χ2v) is 5.73. The van der Waals surface area contributed by atoms with Gasteiger partial charge in [-0.05, 0) is 33.4 Å². The average molecular weight is 229 g/mol. The summed E-state index contributed by atoms with van der Waals surface area (Å²) in [7, 11) is 0. The minimum Gasteiger partial charge on any atom is -0.389 e. The third kappa shape index (κ3) is 6.08. The molecule has 0 heterocycles. The summed E-state index contributed by atoms with van der Waals surface area (Å²) in [6.07, 6.45) is 0.840. The van der Waals surface area contributed by atoms with Gasteiger partial charge in [0.1, 0.15) is 0 Å². The highest BCUT2D eigenvalue weighted by Gasteiger charge is 2.24. The van der Waals surface area contributed by atoms with Crippen molar-refractivity contribution in [3.8, 4) is 0 Å². The van der Waals surface area contributed by atoms with Crippen molar-refractivity contribution in [2.75, 3.05) is 19.6 Å². The number of likely N-dealkylation sites (N-methyl/N-ethyl adjacent to an activating group) is 1. The standard InChI is InChI=1S/C12H27N3O/c1-6-15(9-12(4,5)16)8-7-11(2,3)10(13)14/h16H,6-9H2,1-5H3,(H3,13,14). The molecule has 0 aliphatic carbocycles. The summed E-state index contributed by atoms with van der Waals surface area (Å²) < 4.78 is 0. The van der Waals surface area contributed by atoms with Gasteiger partial charge in [0.05, 0.1) is 11.4 Å². The van der Waals surface area contributed by atoms with E-state index >= 15 is 0 Å². The van der Waals surface area contributed by atoms with E-state index in [-0.39, 0.29) is 11.3 Å². The average Bonchev–Trinajstić information content (AvgIpc) is 2.10. The van der Waals surface area contributed by atoms with Crippen LogP contribution in [0.5, 0.6) is 0 Å². The molecule has 0 spiro atoms. The lowest BCUT2D eigenvalue weighted by molar-refractivity contribution is 0.0357. The largest absolute Gasteiger partial charge is 0.389 e. The van der Waals surface area contributed by atoms with Crippen LogP contribution >= 0.6 is 0 Å². The topological polar surface area (TPSA) is 73.3 Å². The number of hydrogen-bond donors (Lipinski definition) is 3. The highest BCUT2D eigenvalue weighted by Crippen LogP contribution is 2.20. The van der Waals surface area contributed by atoms with Gasteiger partial charge in [-0.3, -0.25) is 5.41 Å². The van der Waals surface area contributed by atoms with Crippen molar-refractivity contribution in [2.45, 2.75) is 46.6 Å². The van der Waals surface area contributed by atoms with Gasteiger partial charge in [0.15, 0.2) is 0 Å². The Balaban J connectivity index is 4.21. The van der Waals surface area contributed by atoms with Crippen LogP contribution in [-0.4, -0.2) is 41.1 Å². The second kappa shape index (κ2) is 5.64. The fraction of sp³-hybridized carbons (Fsp3) is 0.917. The minimum absolute atomic E-state index is 0.229. The fourth-order valence-electron chi connectivity index (χ4n) is 1.47. The molecule has 0 aromatic rings. The number of hydrogen-bond acceptors (Lipinski definition) is 3. The number of aliphatic hydroxyl groups is 1. The Morgan fingerprint density at radius 3 is 2.12 bits per heavy atom. The lowest BCUT2D eigenvalue weighted by Crippen LogP contribution is -2.41. The lowest BCUT2D eigenvalue weighted by Gasteiger charge is -2.31. The third-order valence-electron chi connectivity index (χ3n) is 2.84. The van der Waals surface area contributed by atoms with Crippen LogP contribution in [0.4, 0.5) is 0 Å². The Bertz CT molecular complexity index is 231. The van der Waals surface area contributed by atoms with Gasteiger partial charge in [-0.25, -0.2) is 0 Å². The molecule has 0 radical (unpaired) electrons. The van der Waals surface area contributed by atoms with Crippen molar-refractivity contribution in [3.63, 3.8) is 0 Å². The van der Waals surface area contributed by atoms with Gasteiger partial charge in [-0.15, -0.1) is 0 Å². The Morgan fingerprint density at radius 2 is 1.81 bits per heavy atom. The highest BCUT2D eigenvalue weighted by molar-refractivity contribution is 5.82. The van der Waals surface area contributed by atoms with Gasteiger partial charge >= 0.3 is 0 Å². The van der Waals surface area contributed by atoms with Crippen LogP contribution in [0, 0.1) is 10.8 Å². The smallest absolute Gasteiger partial charge is 0.0963 e. The van der Waals surface area contributed by atoms with Gasteiger partial charge in [0, 0.05) is 12.0 Å². The maximum absolute atomic E-state index is 9.75. The first-order chi connectivity index (χ1) is 7.08. The molecule has 0 aromatic heterocycles. The SMILES string of the molecule is CCN(CCC(C)(C)C(=N)N)CC(C)(C)O. The summed E-state index contributed by atoms with van der Waals surface area (Å²) >= 11 is 0. The molecule has 0 aliphatic rings. The number of nitrogens with two attached hydrogens (primary N) is 1. The molecular weight excluding hydrogens is 202 g/mol. The highest BCUT2D eigenvalue weighted by atomic mass is 16.3. The van der Waals surface area contributed by atoms with Crippen LogP contribution in [0.1, 0.15) is 41.0 Å². The molecule has 0 saturated heterocycles. The Kier molecular flexibility index (Phi) is 5.42. The summed E-state index contributed by atoms with van der Waals surface area (Å²) in [6.45, 7) is 12.1.